The molecule has 2 aromatic rings. The summed E-state index contributed by atoms with van der Waals surface area (Å²) in [6, 6.07) is 12.7. The van der Waals surface area contributed by atoms with Crippen LogP contribution in [-0.4, -0.2) is 25.7 Å². The Morgan fingerprint density at radius 1 is 0.880 bits per heavy atom. The molecule has 2 rings (SSSR count). The van der Waals surface area contributed by atoms with E-state index in [2.05, 4.69) is 10.9 Å². The topological polar surface area (TPSA) is 68.8 Å². The van der Waals surface area contributed by atoms with Crippen LogP contribution in [0.5, 0.6) is 17.2 Å². The first-order valence-corrected chi connectivity index (χ1v) is 8.37. The van der Waals surface area contributed by atoms with E-state index in [1.54, 1.807) is 12.1 Å². The van der Waals surface area contributed by atoms with Crippen LogP contribution in [0.15, 0.2) is 42.5 Å². The first kappa shape index (κ1) is 18.4. The first-order valence-electron chi connectivity index (χ1n) is 8.37. The van der Waals surface area contributed by atoms with E-state index in [9.17, 15) is 4.79 Å². The van der Waals surface area contributed by atoms with Crippen molar-refractivity contribution in [3.63, 3.8) is 0 Å². The lowest BCUT2D eigenvalue weighted by molar-refractivity contribution is 0.0961. The molecular weight excluding hydrogens is 320 g/mol. The number of para-hydroxylation sites is 1. The predicted molar refractivity (Wildman–Crippen MR) is 97.5 cm³/mol. The molecule has 0 fully saturated rings. The zero-order valence-corrected chi connectivity index (χ0v) is 14.8. The number of hydrogen-bond donors (Lipinski definition) is 2. The van der Waals surface area contributed by atoms with Crippen LogP contribution >= 0.6 is 0 Å². The Balaban J connectivity index is 2.24. The summed E-state index contributed by atoms with van der Waals surface area (Å²) in [5, 5.41) is 0. The van der Waals surface area contributed by atoms with Gasteiger partial charge in [0, 0.05) is 5.56 Å². The largest absolute Gasteiger partial charge is 0.490 e. The van der Waals surface area contributed by atoms with Gasteiger partial charge in [-0.2, -0.15) is 0 Å². The number of amides is 1. The summed E-state index contributed by atoms with van der Waals surface area (Å²) in [7, 11) is 0. The standard InChI is InChI=1S/C19H24N2O4/c1-4-23-16-12-14(13-17(24-5-2)18(16)25-6-3)19(22)21-20-15-10-8-7-9-11-15/h7-13,20H,4-6H2,1-3H3,(H,21,22). The number of rotatable bonds is 9. The van der Waals surface area contributed by atoms with Gasteiger partial charge in [-0.1, -0.05) is 18.2 Å². The smallest absolute Gasteiger partial charge is 0.269 e. The fourth-order valence-electron chi connectivity index (χ4n) is 2.24. The van der Waals surface area contributed by atoms with E-state index >= 15 is 0 Å². The van der Waals surface area contributed by atoms with Crippen LogP contribution < -0.4 is 25.1 Å². The fourth-order valence-corrected chi connectivity index (χ4v) is 2.24. The summed E-state index contributed by atoms with van der Waals surface area (Å²) in [4.78, 5) is 12.5. The van der Waals surface area contributed by atoms with Gasteiger partial charge in [0.25, 0.3) is 5.91 Å². The van der Waals surface area contributed by atoms with E-state index in [1.807, 2.05) is 51.1 Å². The molecule has 0 aliphatic carbocycles. The van der Waals surface area contributed by atoms with Gasteiger partial charge in [-0.25, -0.2) is 0 Å². The van der Waals surface area contributed by atoms with Crippen LogP contribution in [0.4, 0.5) is 5.69 Å². The second kappa shape index (κ2) is 9.42. The Morgan fingerprint density at radius 2 is 1.44 bits per heavy atom. The quantitative estimate of drug-likeness (QED) is 0.680. The molecule has 0 unspecified atom stereocenters. The molecule has 0 aliphatic heterocycles. The third kappa shape index (κ3) is 5.04. The number of hydrogen-bond acceptors (Lipinski definition) is 5. The molecule has 0 radical (unpaired) electrons. The molecule has 0 saturated carbocycles. The molecular formula is C19H24N2O4. The Hall–Kier alpha value is -2.89. The van der Waals surface area contributed by atoms with Gasteiger partial charge in [-0.3, -0.25) is 15.6 Å². The average Bonchev–Trinajstić information content (AvgIpc) is 2.63. The van der Waals surface area contributed by atoms with Crippen molar-refractivity contribution in [2.45, 2.75) is 20.8 Å². The van der Waals surface area contributed by atoms with Crippen molar-refractivity contribution >= 4 is 11.6 Å². The van der Waals surface area contributed by atoms with Crippen molar-refractivity contribution in [3.05, 3.63) is 48.0 Å². The molecule has 0 saturated heterocycles. The summed E-state index contributed by atoms with van der Waals surface area (Å²) in [6.07, 6.45) is 0. The van der Waals surface area contributed by atoms with Crippen LogP contribution in [0.2, 0.25) is 0 Å². The number of nitrogens with one attached hydrogen (secondary N) is 2. The van der Waals surface area contributed by atoms with Gasteiger partial charge >= 0.3 is 0 Å². The van der Waals surface area contributed by atoms with E-state index in [0.29, 0.717) is 42.6 Å². The Morgan fingerprint density at radius 3 is 1.96 bits per heavy atom. The van der Waals surface area contributed by atoms with Crippen molar-refractivity contribution in [1.82, 2.24) is 5.43 Å². The minimum atomic E-state index is -0.297. The minimum absolute atomic E-state index is 0.297. The third-order valence-electron chi connectivity index (χ3n) is 3.27. The highest BCUT2D eigenvalue weighted by Crippen LogP contribution is 2.39. The zero-order valence-electron chi connectivity index (χ0n) is 14.8. The number of anilines is 1. The van der Waals surface area contributed by atoms with E-state index in [0.717, 1.165) is 5.69 Å². The average molecular weight is 344 g/mol. The van der Waals surface area contributed by atoms with E-state index in [1.165, 1.54) is 0 Å². The monoisotopic (exact) mass is 344 g/mol. The minimum Gasteiger partial charge on any atom is -0.490 e. The highest BCUT2D eigenvalue weighted by atomic mass is 16.5. The lowest BCUT2D eigenvalue weighted by Gasteiger charge is -2.17. The van der Waals surface area contributed by atoms with E-state index < -0.39 is 0 Å². The molecule has 2 aromatic carbocycles. The van der Waals surface area contributed by atoms with Gasteiger partial charge in [-0.15, -0.1) is 0 Å². The third-order valence-corrected chi connectivity index (χ3v) is 3.27. The van der Waals surface area contributed by atoms with Gasteiger partial charge in [-0.05, 0) is 45.0 Å². The number of ether oxygens (including phenoxy) is 3. The maximum atomic E-state index is 12.5. The highest BCUT2D eigenvalue weighted by molar-refractivity contribution is 5.96. The summed E-state index contributed by atoms with van der Waals surface area (Å²) >= 11 is 0. The second-order valence-corrected chi connectivity index (χ2v) is 5.05. The second-order valence-electron chi connectivity index (χ2n) is 5.05. The van der Waals surface area contributed by atoms with Crippen LogP contribution in [0.25, 0.3) is 0 Å². The Bertz CT molecular complexity index is 662. The number of carbonyl (C=O) groups is 1. The van der Waals surface area contributed by atoms with Crippen molar-refractivity contribution in [3.8, 4) is 17.2 Å². The molecule has 2 N–H and O–H groups in total. The number of carbonyl (C=O) groups excluding carboxylic acids is 1. The fraction of sp³-hybridized carbons (Fsp3) is 0.316. The lowest BCUT2D eigenvalue weighted by atomic mass is 10.1. The van der Waals surface area contributed by atoms with Crippen molar-refractivity contribution in [1.29, 1.82) is 0 Å². The molecule has 25 heavy (non-hydrogen) atoms. The first-order chi connectivity index (χ1) is 12.2. The molecule has 134 valence electrons. The number of benzene rings is 2. The molecule has 6 heteroatoms. The van der Waals surface area contributed by atoms with E-state index in [-0.39, 0.29) is 5.91 Å². The van der Waals surface area contributed by atoms with Crippen molar-refractivity contribution in [2.24, 2.45) is 0 Å². The molecule has 1 amide bonds. The van der Waals surface area contributed by atoms with Crippen LogP contribution in [0.3, 0.4) is 0 Å². The van der Waals surface area contributed by atoms with Gasteiger partial charge in [0.15, 0.2) is 11.5 Å². The molecule has 0 heterocycles. The predicted octanol–water partition coefficient (Wildman–Crippen LogP) is 3.64. The van der Waals surface area contributed by atoms with E-state index in [4.69, 9.17) is 14.2 Å². The van der Waals surface area contributed by atoms with Crippen LogP contribution in [0.1, 0.15) is 31.1 Å². The summed E-state index contributed by atoms with van der Waals surface area (Å²) in [5.74, 6) is 1.19. The van der Waals surface area contributed by atoms with Crippen molar-refractivity contribution < 1.29 is 19.0 Å². The molecule has 6 nitrogen and oxygen atoms in total. The summed E-state index contributed by atoms with van der Waals surface area (Å²) in [5.41, 5.74) is 6.74. The SMILES string of the molecule is CCOc1cc(C(=O)NNc2ccccc2)cc(OCC)c1OCC. The molecule has 0 aliphatic rings. The summed E-state index contributed by atoms with van der Waals surface area (Å²) < 4.78 is 16.9. The molecule has 0 atom stereocenters. The summed E-state index contributed by atoms with van der Waals surface area (Å²) in [6.45, 7) is 7.02. The maximum Gasteiger partial charge on any atom is 0.269 e. The highest BCUT2D eigenvalue weighted by Gasteiger charge is 2.18. The molecule has 0 bridgehead atoms. The lowest BCUT2D eigenvalue weighted by Crippen LogP contribution is -2.29. The number of hydrazine groups is 1. The molecule has 0 aromatic heterocycles. The molecule has 0 spiro atoms. The van der Waals surface area contributed by atoms with Crippen molar-refractivity contribution in [2.75, 3.05) is 25.2 Å². The van der Waals surface area contributed by atoms with Gasteiger partial charge in [0.1, 0.15) is 0 Å². The normalized spacial score (nSPS) is 10.0. The van der Waals surface area contributed by atoms with Gasteiger partial charge < -0.3 is 14.2 Å². The Labute approximate surface area is 148 Å². The zero-order chi connectivity index (χ0) is 18.1. The van der Waals surface area contributed by atoms with Gasteiger partial charge in [0.2, 0.25) is 5.75 Å². The maximum absolute atomic E-state index is 12.5. The van der Waals surface area contributed by atoms with Gasteiger partial charge in [0.05, 0.1) is 25.5 Å². The Kier molecular flexibility index (Phi) is 6.95. The van der Waals surface area contributed by atoms with Crippen LogP contribution in [0, 0.1) is 0 Å². The van der Waals surface area contributed by atoms with Crippen LogP contribution in [-0.2, 0) is 0 Å².